The van der Waals surface area contributed by atoms with Gasteiger partial charge in [0.1, 0.15) is 12.4 Å². The number of hydrogen-bond donors (Lipinski definition) is 1. The van der Waals surface area contributed by atoms with Crippen LogP contribution in [0.15, 0.2) is 12.4 Å². The van der Waals surface area contributed by atoms with Gasteiger partial charge >= 0.3 is 0 Å². The summed E-state index contributed by atoms with van der Waals surface area (Å²) in [7, 11) is 0. The van der Waals surface area contributed by atoms with Crippen LogP contribution in [0.25, 0.3) is 0 Å². The lowest BCUT2D eigenvalue weighted by Crippen LogP contribution is -2.24. The van der Waals surface area contributed by atoms with Crippen LogP contribution < -0.4 is 10.5 Å². The predicted octanol–water partition coefficient (Wildman–Crippen LogP) is 1.42. The van der Waals surface area contributed by atoms with Crippen molar-refractivity contribution in [3.8, 4) is 5.75 Å². The molecule has 0 aliphatic carbocycles. The van der Waals surface area contributed by atoms with E-state index in [1.54, 1.807) is 12.4 Å². The van der Waals surface area contributed by atoms with Crippen LogP contribution in [0.3, 0.4) is 0 Å². The Morgan fingerprint density at radius 3 is 2.38 bits per heavy atom. The lowest BCUT2D eigenvalue weighted by molar-refractivity contribution is 0.292. The molecule has 0 bridgehead atoms. The van der Waals surface area contributed by atoms with Gasteiger partial charge in [-0.15, -0.1) is 0 Å². The number of aryl methyl sites for hydroxylation is 2. The van der Waals surface area contributed by atoms with E-state index in [2.05, 4.69) is 4.98 Å². The van der Waals surface area contributed by atoms with Gasteiger partial charge in [0.2, 0.25) is 0 Å². The van der Waals surface area contributed by atoms with Crippen LogP contribution >= 0.6 is 0 Å². The van der Waals surface area contributed by atoms with E-state index >= 15 is 0 Å². The molecule has 3 heteroatoms. The molecule has 0 saturated heterocycles. The second kappa shape index (κ2) is 4.23. The highest BCUT2D eigenvalue weighted by molar-refractivity contribution is 5.36. The molecule has 0 aliphatic heterocycles. The van der Waals surface area contributed by atoms with E-state index in [4.69, 9.17) is 10.5 Å². The highest BCUT2D eigenvalue weighted by Crippen LogP contribution is 2.20. The summed E-state index contributed by atoms with van der Waals surface area (Å²) in [4.78, 5) is 4.06. The molecule has 13 heavy (non-hydrogen) atoms. The minimum absolute atomic E-state index is 0.0620. The average molecular weight is 180 g/mol. The van der Waals surface area contributed by atoms with E-state index < -0.39 is 0 Å². The summed E-state index contributed by atoms with van der Waals surface area (Å²) in [6.07, 6.45) is 3.59. The van der Waals surface area contributed by atoms with E-state index in [1.807, 2.05) is 20.8 Å². The zero-order chi connectivity index (χ0) is 9.84. The van der Waals surface area contributed by atoms with E-state index in [9.17, 15) is 0 Å². The zero-order valence-corrected chi connectivity index (χ0v) is 8.37. The number of hydrogen-bond acceptors (Lipinski definition) is 3. The van der Waals surface area contributed by atoms with E-state index in [1.165, 1.54) is 0 Å². The molecule has 0 saturated carbocycles. The monoisotopic (exact) mass is 180 g/mol. The maximum atomic E-state index is 5.60. The minimum atomic E-state index is 0.0620. The first kappa shape index (κ1) is 9.99. The smallest absolute Gasteiger partial charge is 0.128 e. The lowest BCUT2D eigenvalue weighted by Gasteiger charge is -2.12. The highest BCUT2D eigenvalue weighted by atomic mass is 16.5. The van der Waals surface area contributed by atoms with Crippen molar-refractivity contribution < 1.29 is 4.74 Å². The first-order valence-electron chi connectivity index (χ1n) is 4.41. The van der Waals surface area contributed by atoms with E-state index in [-0.39, 0.29) is 6.04 Å². The Bertz CT molecular complexity index is 264. The number of aromatic nitrogens is 1. The molecular weight excluding hydrogens is 164 g/mol. The molecule has 0 fully saturated rings. The van der Waals surface area contributed by atoms with Crippen LogP contribution in [0.2, 0.25) is 0 Å². The molecule has 0 radical (unpaired) electrons. The normalized spacial score (nSPS) is 12.6. The molecule has 2 N–H and O–H groups in total. The summed E-state index contributed by atoms with van der Waals surface area (Å²) in [5, 5.41) is 0. The van der Waals surface area contributed by atoms with Crippen LogP contribution in [0, 0.1) is 13.8 Å². The van der Waals surface area contributed by atoms with Gasteiger partial charge in [0, 0.05) is 29.6 Å². The Labute approximate surface area is 78.9 Å². The molecule has 1 atom stereocenters. The summed E-state index contributed by atoms with van der Waals surface area (Å²) < 4.78 is 5.56. The molecule has 3 nitrogen and oxygen atoms in total. The first-order valence-corrected chi connectivity index (χ1v) is 4.41. The fourth-order valence-electron chi connectivity index (χ4n) is 1.13. The molecule has 1 heterocycles. The molecular formula is C10H16N2O. The third kappa shape index (κ3) is 2.70. The van der Waals surface area contributed by atoms with E-state index in [0.29, 0.717) is 6.61 Å². The van der Waals surface area contributed by atoms with Crippen LogP contribution in [-0.2, 0) is 0 Å². The largest absolute Gasteiger partial charge is 0.491 e. The fourth-order valence-corrected chi connectivity index (χ4v) is 1.13. The maximum absolute atomic E-state index is 5.60. The Balaban J connectivity index is 2.75. The number of rotatable bonds is 3. The van der Waals surface area contributed by atoms with E-state index in [0.717, 1.165) is 16.9 Å². The van der Waals surface area contributed by atoms with Gasteiger partial charge in [0.05, 0.1) is 0 Å². The maximum Gasteiger partial charge on any atom is 0.128 e. The standard InChI is InChI=1S/C10H16N2O/c1-7-4-12-5-8(2)10(7)13-6-9(3)11/h4-5,9H,6,11H2,1-3H3. The third-order valence-electron chi connectivity index (χ3n) is 1.74. The zero-order valence-electron chi connectivity index (χ0n) is 8.37. The van der Waals surface area contributed by atoms with Crippen molar-refractivity contribution in [3.63, 3.8) is 0 Å². The molecule has 0 aromatic carbocycles. The van der Waals surface area contributed by atoms with Crippen molar-refractivity contribution in [1.82, 2.24) is 4.98 Å². The first-order chi connectivity index (χ1) is 6.11. The van der Waals surface area contributed by atoms with Gasteiger partial charge < -0.3 is 10.5 Å². The Morgan fingerprint density at radius 2 is 1.92 bits per heavy atom. The Kier molecular flexibility index (Phi) is 3.25. The SMILES string of the molecule is Cc1cncc(C)c1OCC(C)N. The van der Waals surface area contributed by atoms with Gasteiger partial charge in [-0.1, -0.05) is 0 Å². The third-order valence-corrected chi connectivity index (χ3v) is 1.74. The summed E-state index contributed by atoms with van der Waals surface area (Å²) in [6, 6.07) is 0.0620. The van der Waals surface area contributed by atoms with Gasteiger partial charge in [-0.25, -0.2) is 0 Å². The summed E-state index contributed by atoms with van der Waals surface area (Å²) in [6.45, 7) is 6.44. The van der Waals surface area contributed by atoms with Gasteiger partial charge in [-0.3, -0.25) is 4.98 Å². The van der Waals surface area contributed by atoms with Crippen molar-refractivity contribution >= 4 is 0 Å². The van der Waals surface area contributed by atoms with Gasteiger partial charge in [0.15, 0.2) is 0 Å². The molecule has 1 unspecified atom stereocenters. The fraction of sp³-hybridized carbons (Fsp3) is 0.500. The lowest BCUT2D eigenvalue weighted by atomic mass is 10.2. The number of nitrogens with two attached hydrogens (primary N) is 1. The summed E-state index contributed by atoms with van der Waals surface area (Å²) in [5.74, 6) is 0.910. The summed E-state index contributed by atoms with van der Waals surface area (Å²) >= 11 is 0. The Morgan fingerprint density at radius 1 is 1.38 bits per heavy atom. The number of nitrogens with zero attached hydrogens (tertiary/aromatic N) is 1. The van der Waals surface area contributed by atoms with Crippen molar-refractivity contribution in [2.45, 2.75) is 26.8 Å². The van der Waals surface area contributed by atoms with Crippen molar-refractivity contribution in [1.29, 1.82) is 0 Å². The highest BCUT2D eigenvalue weighted by Gasteiger charge is 2.04. The van der Waals surface area contributed by atoms with Crippen molar-refractivity contribution in [3.05, 3.63) is 23.5 Å². The molecule has 1 rings (SSSR count). The molecule has 0 amide bonds. The van der Waals surface area contributed by atoms with Crippen LogP contribution in [0.5, 0.6) is 5.75 Å². The van der Waals surface area contributed by atoms with Gasteiger partial charge in [0.25, 0.3) is 0 Å². The second-order valence-corrected chi connectivity index (χ2v) is 3.39. The quantitative estimate of drug-likeness (QED) is 0.765. The van der Waals surface area contributed by atoms with Gasteiger partial charge in [-0.2, -0.15) is 0 Å². The second-order valence-electron chi connectivity index (χ2n) is 3.39. The Hall–Kier alpha value is -1.09. The predicted molar refractivity (Wildman–Crippen MR) is 52.9 cm³/mol. The topological polar surface area (TPSA) is 48.1 Å². The van der Waals surface area contributed by atoms with Crippen LogP contribution in [0.1, 0.15) is 18.1 Å². The molecule has 0 spiro atoms. The van der Waals surface area contributed by atoms with Crippen LogP contribution in [-0.4, -0.2) is 17.6 Å². The average Bonchev–Trinajstić information content (AvgIpc) is 2.03. The molecule has 0 aliphatic rings. The molecule has 1 aromatic heterocycles. The molecule has 1 aromatic rings. The van der Waals surface area contributed by atoms with Gasteiger partial charge in [-0.05, 0) is 20.8 Å². The molecule has 72 valence electrons. The summed E-state index contributed by atoms with van der Waals surface area (Å²) in [5.41, 5.74) is 7.71. The van der Waals surface area contributed by atoms with Crippen LogP contribution in [0.4, 0.5) is 0 Å². The van der Waals surface area contributed by atoms with Crippen molar-refractivity contribution in [2.75, 3.05) is 6.61 Å². The number of pyridine rings is 1. The minimum Gasteiger partial charge on any atom is -0.491 e. The van der Waals surface area contributed by atoms with Crippen molar-refractivity contribution in [2.24, 2.45) is 5.73 Å². The number of ether oxygens (including phenoxy) is 1.